The van der Waals surface area contributed by atoms with Gasteiger partial charge in [-0.3, -0.25) is 0 Å². The number of alkyl halides is 3. The molecule has 19 heavy (non-hydrogen) atoms. The van der Waals surface area contributed by atoms with Crippen molar-refractivity contribution < 1.29 is 27.4 Å². The summed E-state index contributed by atoms with van der Waals surface area (Å²) >= 11 is 0. The van der Waals surface area contributed by atoms with Gasteiger partial charge in [0.15, 0.2) is 11.6 Å². The molecule has 0 amide bonds. The van der Waals surface area contributed by atoms with Crippen molar-refractivity contribution in [1.29, 1.82) is 0 Å². The largest absolute Gasteiger partial charge is 0.508 e. The highest BCUT2D eigenvalue weighted by Crippen LogP contribution is 2.33. The number of ether oxygens (including phenoxy) is 1. The van der Waals surface area contributed by atoms with Crippen molar-refractivity contribution in [2.24, 2.45) is 0 Å². The van der Waals surface area contributed by atoms with Crippen LogP contribution in [-0.4, -0.2) is 5.11 Å². The Morgan fingerprint density at radius 3 is 2.11 bits per heavy atom. The second-order valence-corrected chi connectivity index (χ2v) is 3.74. The predicted molar refractivity (Wildman–Crippen MR) is 59.6 cm³/mol. The lowest BCUT2D eigenvalue weighted by Crippen LogP contribution is -2.05. The number of aromatic hydroxyl groups is 1. The summed E-state index contributed by atoms with van der Waals surface area (Å²) in [5.74, 6) is -1.22. The van der Waals surface area contributed by atoms with E-state index >= 15 is 0 Å². The van der Waals surface area contributed by atoms with Crippen molar-refractivity contribution in [2.75, 3.05) is 0 Å². The van der Waals surface area contributed by atoms with E-state index in [1.54, 1.807) is 0 Å². The Morgan fingerprint density at radius 1 is 0.947 bits per heavy atom. The monoisotopic (exact) mass is 272 g/mol. The molecule has 0 aliphatic rings. The van der Waals surface area contributed by atoms with E-state index in [-0.39, 0.29) is 17.2 Å². The molecule has 2 aromatic rings. The van der Waals surface area contributed by atoms with Crippen LogP contribution in [0.4, 0.5) is 17.6 Å². The van der Waals surface area contributed by atoms with Gasteiger partial charge in [-0.05, 0) is 42.5 Å². The van der Waals surface area contributed by atoms with E-state index < -0.39 is 17.6 Å². The number of rotatable bonds is 2. The van der Waals surface area contributed by atoms with Gasteiger partial charge in [-0.1, -0.05) is 0 Å². The van der Waals surface area contributed by atoms with E-state index in [4.69, 9.17) is 9.84 Å². The van der Waals surface area contributed by atoms with Gasteiger partial charge in [0.25, 0.3) is 0 Å². The van der Waals surface area contributed by atoms with Gasteiger partial charge < -0.3 is 9.84 Å². The smallest absolute Gasteiger partial charge is 0.416 e. The predicted octanol–water partition coefficient (Wildman–Crippen LogP) is 4.34. The van der Waals surface area contributed by atoms with Crippen LogP contribution in [0.2, 0.25) is 0 Å². The van der Waals surface area contributed by atoms with E-state index in [1.807, 2.05) is 0 Å². The Kier molecular flexibility index (Phi) is 3.33. The molecule has 0 heterocycles. The Balaban J connectivity index is 2.24. The minimum atomic E-state index is -4.60. The summed E-state index contributed by atoms with van der Waals surface area (Å²) in [6, 6.07) is 7.38. The van der Waals surface area contributed by atoms with E-state index in [0.717, 1.165) is 12.1 Å². The van der Waals surface area contributed by atoms with E-state index in [2.05, 4.69) is 0 Å². The van der Waals surface area contributed by atoms with Crippen LogP contribution >= 0.6 is 0 Å². The molecule has 6 heteroatoms. The maximum atomic E-state index is 13.5. The van der Waals surface area contributed by atoms with Gasteiger partial charge >= 0.3 is 6.18 Å². The Bertz CT molecular complexity index is 576. The van der Waals surface area contributed by atoms with Crippen molar-refractivity contribution >= 4 is 0 Å². The molecule has 0 unspecified atom stereocenters. The van der Waals surface area contributed by atoms with Gasteiger partial charge in [-0.25, -0.2) is 4.39 Å². The van der Waals surface area contributed by atoms with Crippen molar-refractivity contribution in [3.8, 4) is 17.2 Å². The van der Waals surface area contributed by atoms with E-state index in [1.165, 1.54) is 24.3 Å². The maximum Gasteiger partial charge on any atom is 0.416 e. The molecule has 0 fully saturated rings. The van der Waals surface area contributed by atoms with Crippen molar-refractivity contribution in [3.63, 3.8) is 0 Å². The lowest BCUT2D eigenvalue weighted by Gasteiger charge is -2.10. The average Bonchev–Trinajstić information content (AvgIpc) is 2.33. The number of benzene rings is 2. The van der Waals surface area contributed by atoms with Gasteiger partial charge in [-0.15, -0.1) is 0 Å². The highest BCUT2D eigenvalue weighted by Gasteiger charge is 2.31. The zero-order valence-electron chi connectivity index (χ0n) is 9.41. The molecular weight excluding hydrogens is 264 g/mol. The quantitative estimate of drug-likeness (QED) is 0.824. The Morgan fingerprint density at radius 2 is 1.58 bits per heavy atom. The normalized spacial score (nSPS) is 11.4. The number of hydrogen-bond donors (Lipinski definition) is 1. The first-order chi connectivity index (χ1) is 8.86. The lowest BCUT2D eigenvalue weighted by atomic mass is 10.2. The molecule has 0 aromatic heterocycles. The first-order valence-corrected chi connectivity index (χ1v) is 5.20. The van der Waals surface area contributed by atoms with Gasteiger partial charge in [0.05, 0.1) is 5.56 Å². The van der Waals surface area contributed by atoms with Crippen LogP contribution in [0, 0.1) is 5.82 Å². The fourth-order valence-corrected chi connectivity index (χ4v) is 1.40. The average molecular weight is 272 g/mol. The van der Waals surface area contributed by atoms with Gasteiger partial charge in [0.1, 0.15) is 11.5 Å². The third kappa shape index (κ3) is 3.15. The van der Waals surface area contributed by atoms with Crippen molar-refractivity contribution in [3.05, 3.63) is 53.8 Å². The van der Waals surface area contributed by atoms with Crippen LogP contribution in [0.5, 0.6) is 17.2 Å². The Labute approximate surface area is 105 Å². The molecule has 0 saturated heterocycles. The van der Waals surface area contributed by atoms with Crippen molar-refractivity contribution in [2.45, 2.75) is 6.18 Å². The molecule has 0 radical (unpaired) electrons. The van der Waals surface area contributed by atoms with E-state index in [0.29, 0.717) is 6.07 Å². The summed E-state index contributed by atoms with van der Waals surface area (Å²) in [5.41, 5.74) is -1.08. The maximum absolute atomic E-state index is 13.5. The fourth-order valence-electron chi connectivity index (χ4n) is 1.40. The topological polar surface area (TPSA) is 29.5 Å². The van der Waals surface area contributed by atoms with Crippen LogP contribution in [0.1, 0.15) is 5.56 Å². The third-order valence-electron chi connectivity index (χ3n) is 2.32. The number of phenolic OH excluding ortho intramolecular Hbond substituents is 1. The molecule has 2 nitrogen and oxygen atoms in total. The van der Waals surface area contributed by atoms with Crippen LogP contribution < -0.4 is 4.74 Å². The number of hydrogen-bond acceptors (Lipinski definition) is 2. The lowest BCUT2D eigenvalue weighted by molar-refractivity contribution is -0.137. The second kappa shape index (κ2) is 4.79. The van der Waals surface area contributed by atoms with Crippen LogP contribution in [0.15, 0.2) is 42.5 Å². The third-order valence-corrected chi connectivity index (χ3v) is 2.32. The summed E-state index contributed by atoms with van der Waals surface area (Å²) in [7, 11) is 0. The van der Waals surface area contributed by atoms with Crippen LogP contribution in [0.25, 0.3) is 0 Å². The summed E-state index contributed by atoms with van der Waals surface area (Å²) in [4.78, 5) is 0. The summed E-state index contributed by atoms with van der Waals surface area (Å²) < 4.78 is 55.6. The highest BCUT2D eigenvalue weighted by molar-refractivity contribution is 5.37. The highest BCUT2D eigenvalue weighted by atomic mass is 19.4. The number of halogens is 4. The fraction of sp³-hybridized carbons (Fsp3) is 0.0769. The van der Waals surface area contributed by atoms with Gasteiger partial charge in [0, 0.05) is 0 Å². The Hall–Kier alpha value is -2.24. The molecule has 1 N–H and O–H groups in total. The summed E-state index contributed by atoms with van der Waals surface area (Å²) in [5, 5.41) is 9.05. The van der Waals surface area contributed by atoms with Crippen molar-refractivity contribution in [1.82, 2.24) is 0 Å². The summed E-state index contributed by atoms with van der Waals surface area (Å²) in [6.45, 7) is 0. The minimum Gasteiger partial charge on any atom is -0.508 e. The molecule has 0 atom stereocenters. The molecule has 0 bridgehead atoms. The molecule has 0 aliphatic carbocycles. The molecule has 0 saturated carbocycles. The molecular formula is C13H8F4O2. The van der Waals surface area contributed by atoms with E-state index in [9.17, 15) is 17.6 Å². The molecule has 0 spiro atoms. The minimum absolute atomic E-state index is 0.000223. The first-order valence-electron chi connectivity index (χ1n) is 5.20. The SMILES string of the molecule is Oc1ccc(Oc2ccc(C(F)(F)F)cc2F)cc1. The standard InChI is InChI=1S/C13H8F4O2/c14-11-7-8(13(15,16)17)1-6-12(11)19-10-4-2-9(18)3-5-10/h1-7,18H. The van der Waals surface area contributed by atoms with Crippen LogP contribution in [-0.2, 0) is 6.18 Å². The first kappa shape index (κ1) is 13.2. The molecule has 2 aromatic carbocycles. The zero-order chi connectivity index (χ0) is 14.0. The van der Waals surface area contributed by atoms with Gasteiger partial charge in [0.2, 0.25) is 0 Å². The molecule has 100 valence electrons. The number of phenols is 1. The van der Waals surface area contributed by atoms with Gasteiger partial charge in [-0.2, -0.15) is 13.2 Å². The second-order valence-electron chi connectivity index (χ2n) is 3.74. The van der Waals surface area contributed by atoms with Crippen LogP contribution in [0.3, 0.4) is 0 Å². The zero-order valence-corrected chi connectivity index (χ0v) is 9.41. The molecule has 0 aliphatic heterocycles. The summed E-state index contributed by atoms with van der Waals surface area (Å²) in [6.07, 6.45) is -4.60. The molecule has 2 rings (SSSR count).